The number of rotatable bonds is 4. The van der Waals surface area contributed by atoms with Gasteiger partial charge in [-0.2, -0.15) is 5.10 Å². The van der Waals surface area contributed by atoms with Gasteiger partial charge in [-0.25, -0.2) is 4.98 Å². The molecule has 0 unspecified atom stereocenters. The van der Waals surface area contributed by atoms with Crippen molar-refractivity contribution in [2.75, 3.05) is 25.1 Å². The predicted octanol–water partition coefficient (Wildman–Crippen LogP) is 3.13. The zero-order chi connectivity index (χ0) is 19.6. The number of benzene rings is 2. The molecule has 0 spiro atoms. The number of hydrogen-bond donors (Lipinski definition) is 2. The molecule has 2 N–H and O–H groups in total. The smallest absolute Gasteiger partial charge is 0.253 e. The van der Waals surface area contributed by atoms with Crippen molar-refractivity contribution in [2.24, 2.45) is 11.8 Å². The van der Waals surface area contributed by atoms with E-state index in [2.05, 4.69) is 20.5 Å². The van der Waals surface area contributed by atoms with E-state index in [1.807, 2.05) is 54.6 Å². The van der Waals surface area contributed by atoms with Crippen molar-refractivity contribution in [3.05, 3.63) is 54.6 Å². The summed E-state index contributed by atoms with van der Waals surface area (Å²) in [4.78, 5) is 17.2. The Labute approximate surface area is 168 Å². The number of nitrogens with one attached hydrogen (secondary N) is 2. The summed E-state index contributed by atoms with van der Waals surface area (Å²) in [5, 5.41) is 10.2. The molecular formula is C22H22N4O3. The van der Waals surface area contributed by atoms with Gasteiger partial charge in [0.05, 0.1) is 13.2 Å². The van der Waals surface area contributed by atoms with Gasteiger partial charge >= 0.3 is 0 Å². The number of ether oxygens (including phenoxy) is 2. The molecule has 3 aromatic rings. The number of aromatic amines is 1. The maximum absolute atomic E-state index is 12.7. The van der Waals surface area contributed by atoms with Crippen LogP contribution in [-0.2, 0) is 14.3 Å². The van der Waals surface area contributed by atoms with Crippen molar-refractivity contribution >= 4 is 11.6 Å². The maximum atomic E-state index is 12.7. The fraction of sp³-hybridized carbons (Fsp3) is 0.318. The zero-order valence-electron chi connectivity index (χ0n) is 15.9. The standard InChI is InChI=1S/C22H22N4O3/c27-22(19-18-10-11-28-12-16(18)13-29-19)23-17-8-6-15(7-9-17)21-24-20(25-26-21)14-4-2-1-3-5-14/h1-9,16,18-19H,10-13H2,(H,23,27)(H,24,25,26)/t16-,18+,19-/m1/s1. The number of nitrogens with zero attached hydrogens (tertiary/aromatic N) is 2. The van der Waals surface area contributed by atoms with Gasteiger partial charge in [0, 0.05) is 35.3 Å². The summed E-state index contributed by atoms with van der Waals surface area (Å²) in [6, 6.07) is 17.4. The van der Waals surface area contributed by atoms with Crippen LogP contribution in [-0.4, -0.2) is 47.0 Å². The minimum Gasteiger partial charge on any atom is -0.381 e. The minimum absolute atomic E-state index is 0.0850. The summed E-state index contributed by atoms with van der Waals surface area (Å²) in [6.45, 7) is 1.98. The summed E-state index contributed by atoms with van der Waals surface area (Å²) in [5.74, 6) is 1.83. The Balaban J connectivity index is 1.26. The van der Waals surface area contributed by atoms with E-state index in [0.29, 0.717) is 37.4 Å². The lowest BCUT2D eigenvalue weighted by atomic mass is 9.86. The third kappa shape index (κ3) is 3.66. The Kier molecular flexibility index (Phi) is 4.83. The molecule has 2 saturated heterocycles. The molecule has 1 amide bonds. The normalized spacial score (nSPS) is 23.5. The Morgan fingerprint density at radius 1 is 1.03 bits per heavy atom. The largest absolute Gasteiger partial charge is 0.381 e. The van der Waals surface area contributed by atoms with Gasteiger partial charge in [0.1, 0.15) is 6.10 Å². The molecule has 5 rings (SSSR count). The number of fused-ring (bicyclic) bond motifs is 1. The molecular weight excluding hydrogens is 368 g/mol. The summed E-state index contributed by atoms with van der Waals surface area (Å²) >= 11 is 0. The van der Waals surface area contributed by atoms with E-state index < -0.39 is 6.10 Å². The Bertz CT molecular complexity index is 987. The molecule has 29 heavy (non-hydrogen) atoms. The molecule has 2 aliphatic heterocycles. The zero-order valence-corrected chi connectivity index (χ0v) is 15.9. The first kappa shape index (κ1) is 18.0. The van der Waals surface area contributed by atoms with Crippen LogP contribution >= 0.6 is 0 Å². The van der Waals surface area contributed by atoms with Crippen LogP contribution in [0.25, 0.3) is 22.8 Å². The summed E-state index contributed by atoms with van der Waals surface area (Å²) in [7, 11) is 0. The molecule has 0 radical (unpaired) electrons. The molecule has 148 valence electrons. The third-order valence-corrected chi connectivity index (χ3v) is 5.61. The molecule has 2 aromatic carbocycles. The van der Waals surface area contributed by atoms with E-state index in [1.165, 1.54) is 0 Å². The number of carbonyl (C=O) groups excluding carboxylic acids is 1. The van der Waals surface area contributed by atoms with Crippen LogP contribution in [0.3, 0.4) is 0 Å². The quantitative estimate of drug-likeness (QED) is 0.714. The van der Waals surface area contributed by atoms with Crippen LogP contribution in [0.2, 0.25) is 0 Å². The first-order valence-corrected chi connectivity index (χ1v) is 9.86. The monoisotopic (exact) mass is 390 g/mol. The number of aromatic nitrogens is 3. The average Bonchev–Trinajstić information content (AvgIpc) is 3.43. The van der Waals surface area contributed by atoms with Gasteiger partial charge in [-0.15, -0.1) is 0 Å². The Morgan fingerprint density at radius 2 is 1.86 bits per heavy atom. The van der Waals surface area contributed by atoms with Crippen molar-refractivity contribution < 1.29 is 14.3 Å². The van der Waals surface area contributed by atoms with Crippen LogP contribution in [0.5, 0.6) is 0 Å². The first-order chi connectivity index (χ1) is 14.3. The Hall–Kier alpha value is -3.03. The van der Waals surface area contributed by atoms with E-state index in [9.17, 15) is 4.79 Å². The van der Waals surface area contributed by atoms with Gasteiger partial charge in [-0.1, -0.05) is 30.3 Å². The van der Waals surface area contributed by atoms with Crippen LogP contribution < -0.4 is 5.32 Å². The van der Waals surface area contributed by atoms with Gasteiger partial charge in [-0.05, 0) is 30.7 Å². The van der Waals surface area contributed by atoms with E-state index in [4.69, 9.17) is 9.47 Å². The number of hydrogen-bond acceptors (Lipinski definition) is 5. The average molecular weight is 390 g/mol. The van der Waals surface area contributed by atoms with Crippen molar-refractivity contribution in [1.29, 1.82) is 0 Å². The second kappa shape index (κ2) is 7.77. The van der Waals surface area contributed by atoms with Gasteiger partial charge < -0.3 is 14.8 Å². The molecule has 7 heteroatoms. The first-order valence-electron chi connectivity index (χ1n) is 9.86. The molecule has 3 atom stereocenters. The lowest BCUT2D eigenvalue weighted by Gasteiger charge is -2.26. The number of anilines is 1. The van der Waals surface area contributed by atoms with Crippen LogP contribution in [0.1, 0.15) is 6.42 Å². The summed E-state index contributed by atoms with van der Waals surface area (Å²) in [5.41, 5.74) is 2.60. The second-order valence-electron chi connectivity index (χ2n) is 7.48. The molecule has 0 aliphatic carbocycles. The van der Waals surface area contributed by atoms with Crippen LogP contribution in [0.15, 0.2) is 54.6 Å². The highest BCUT2D eigenvalue weighted by atomic mass is 16.5. The van der Waals surface area contributed by atoms with Crippen molar-refractivity contribution in [2.45, 2.75) is 12.5 Å². The minimum atomic E-state index is -0.397. The molecule has 1 aromatic heterocycles. The lowest BCUT2D eigenvalue weighted by molar-refractivity contribution is -0.126. The van der Waals surface area contributed by atoms with E-state index in [0.717, 1.165) is 23.2 Å². The van der Waals surface area contributed by atoms with Crippen LogP contribution in [0.4, 0.5) is 5.69 Å². The highest BCUT2D eigenvalue weighted by molar-refractivity contribution is 5.94. The molecule has 2 fully saturated rings. The second-order valence-corrected chi connectivity index (χ2v) is 7.48. The fourth-order valence-corrected chi connectivity index (χ4v) is 4.04. The molecule has 0 bridgehead atoms. The molecule has 3 heterocycles. The number of H-pyrrole nitrogens is 1. The number of amides is 1. The highest BCUT2D eigenvalue weighted by Gasteiger charge is 2.42. The fourth-order valence-electron chi connectivity index (χ4n) is 4.04. The maximum Gasteiger partial charge on any atom is 0.253 e. The van der Waals surface area contributed by atoms with Crippen molar-refractivity contribution in [3.63, 3.8) is 0 Å². The SMILES string of the molecule is O=C(Nc1ccc(-c2nc(-c3ccccc3)n[nH]2)cc1)[C@@H]1OC[C@H]2COCC[C@@H]21. The molecule has 7 nitrogen and oxygen atoms in total. The third-order valence-electron chi connectivity index (χ3n) is 5.61. The number of carbonyl (C=O) groups is 1. The van der Waals surface area contributed by atoms with Gasteiger partial charge in [0.15, 0.2) is 11.6 Å². The van der Waals surface area contributed by atoms with E-state index in [-0.39, 0.29) is 11.8 Å². The topological polar surface area (TPSA) is 89.1 Å². The van der Waals surface area contributed by atoms with Crippen molar-refractivity contribution in [1.82, 2.24) is 15.2 Å². The Morgan fingerprint density at radius 3 is 2.69 bits per heavy atom. The molecule has 0 saturated carbocycles. The lowest BCUT2D eigenvalue weighted by Crippen LogP contribution is -2.37. The van der Waals surface area contributed by atoms with Gasteiger partial charge in [0.2, 0.25) is 0 Å². The predicted molar refractivity (Wildman–Crippen MR) is 108 cm³/mol. The van der Waals surface area contributed by atoms with E-state index >= 15 is 0 Å². The van der Waals surface area contributed by atoms with E-state index in [1.54, 1.807) is 0 Å². The molecule has 2 aliphatic rings. The van der Waals surface area contributed by atoms with Gasteiger partial charge in [-0.3, -0.25) is 9.89 Å². The van der Waals surface area contributed by atoms with Crippen molar-refractivity contribution in [3.8, 4) is 22.8 Å². The van der Waals surface area contributed by atoms with Crippen LogP contribution in [0, 0.1) is 11.8 Å². The summed E-state index contributed by atoms with van der Waals surface area (Å²) < 4.78 is 11.2. The van der Waals surface area contributed by atoms with Gasteiger partial charge in [0.25, 0.3) is 5.91 Å². The highest BCUT2D eigenvalue weighted by Crippen LogP contribution is 2.34. The summed E-state index contributed by atoms with van der Waals surface area (Å²) in [6.07, 6.45) is 0.475.